The summed E-state index contributed by atoms with van der Waals surface area (Å²) in [4.78, 5) is 0. The van der Waals surface area contributed by atoms with Gasteiger partial charge in [-0.15, -0.1) is 0 Å². The van der Waals surface area contributed by atoms with E-state index in [0.717, 1.165) is 38.2 Å². The van der Waals surface area contributed by atoms with E-state index in [9.17, 15) is 0 Å². The molecule has 0 saturated carbocycles. The average molecular weight is 261 g/mol. The molecule has 1 N–H and O–H groups in total. The number of benzene rings is 1. The lowest BCUT2D eigenvalue weighted by molar-refractivity contribution is 0.0255. The van der Waals surface area contributed by atoms with Crippen LogP contribution in [0.15, 0.2) is 24.3 Å². The molecule has 104 valence electrons. The summed E-state index contributed by atoms with van der Waals surface area (Å²) in [6, 6.07) is 9.24. The minimum absolute atomic E-state index is 0.327. The van der Waals surface area contributed by atoms with Crippen molar-refractivity contribution >= 4 is 0 Å². The lowest BCUT2D eigenvalue weighted by Gasteiger charge is -2.23. The molecule has 2 saturated heterocycles. The van der Waals surface area contributed by atoms with Crippen molar-refractivity contribution in [2.75, 3.05) is 19.8 Å². The predicted octanol–water partition coefficient (Wildman–Crippen LogP) is 2.54. The van der Waals surface area contributed by atoms with Gasteiger partial charge in [0.2, 0.25) is 0 Å². The van der Waals surface area contributed by atoms with Crippen molar-refractivity contribution in [1.82, 2.24) is 5.32 Å². The van der Waals surface area contributed by atoms with Crippen LogP contribution >= 0.6 is 0 Å². The molecule has 2 fully saturated rings. The monoisotopic (exact) mass is 261 g/mol. The first-order valence-corrected chi connectivity index (χ1v) is 7.47. The zero-order chi connectivity index (χ0) is 12.9. The van der Waals surface area contributed by atoms with Crippen LogP contribution in [0.3, 0.4) is 0 Å². The van der Waals surface area contributed by atoms with Gasteiger partial charge in [0, 0.05) is 18.9 Å². The highest BCUT2D eigenvalue weighted by molar-refractivity contribution is 5.29. The lowest BCUT2D eigenvalue weighted by Crippen LogP contribution is -2.26. The Labute approximate surface area is 115 Å². The van der Waals surface area contributed by atoms with Crippen molar-refractivity contribution in [2.45, 2.75) is 44.2 Å². The molecule has 19 heavy (non-hydrogen) atoms. The molecule has 2 aliphatic rings. The third-order valence-electron chi connectivity index (χ3n) is 4.01. The fraction of sp³-hybridized carbons (Fsp3) is 0.625. The summed E-state index contributed by atoms with van der Waals surface area (Å²) >= 11 is 0. The van der Waals surface area contributed by atoms with Crippen LogP contribution in [0.1, 0.15) is 31.2 Å². The zero-order valence-electron chi connectivity index (χ0n) is 11.4. The molecular formula is C16H23NO2. The normalized spacial score (nSPS) is 24.5. The Hall–Kier alpha value is -1.06. The molecule has 0 aliphatic carbocycles. The third kappa shape index (κ3) is 3.71. The zero-order valence-corrected chi connectivity index (χ0v) is 11.4. The second-order valence-corrected chi connectivity index (χ2v) is 5.57. The second-order valence-electron chi connectivity index (χ2n) is 5.57. The smallest absolute Gasteiger partial charge is 0.119 e. The van der Waals surface area contributed by atoms with Crippen LogP contribution in [0.5, 0.6) is 5.75 Å². The highest BCUT2D eigenvalue weighted by atomic mass is 16.5. The van der Waals surface area contributed by atoms with Gasteiger partial charge in [0.1, 0.15) is 11.9 Å². The maximum absolute atomic E-state index is 6.06. The molecular weight excluding hydrogens is 238 g/mol. The molecule has 3 nitrogen and oxygen atoms in total. The number of ether oxygens (including phenoxy) is 2. The van der Waals surface area contributed by atoms with Gasteiger partial charge >= 0.3 is 0 Å². The summed E-state index contributed by atoms with van der Waals surface area (Å²) in [6.45, 7) is 2.83. The Balaban J connectivity index is 1.58. The minimum Gasteiger partial charge on any atom is -0.490 e. The predicted molar refractivity (Wildman–Crippen MR) is 75.6 cm³/mol. The van der Waals surface area contributed by atoms with Crippen molar-refractivity contribution in [3.05, 3.63) is 29.8 Å². The van der Waals surface area contributed by atoms with Gasteiger partial charge in [-0.3, -0.25) is 0 Å². The van der Waals surface area contributed by atoms with Crippen molar-refractivity contribution in [1.29, 1.82) is 0 Å². The van der Waals surface area contributed by atoms with E-state index in [1.54, 1.807) is 0 Å². The molecule has 1 unspecified atom stereocenters. The number of hydrogen-bond donors (Lipinski definition) is 1. The molecule has 2 aliphatic heterocycles. The van der Waals surface area contributed by atoms with E-state index in [-0.39, 0.29) is 0 Å². The van der Waals surface area contributed by atoms with Gasteiger partial charge in [-0.25, -0.2) is 0 Å². The maximum atomic E-state index is 6.06. The molecule has 1 atom stereocenters. The van der Waals surface area contributed by atoms with Crippen LogP contribution < -0.4 is 10.1 Å². The average Bonchev–Trinajstić information content (AvgIpc) is 2.93. The van der Waals surface area contributed by atoms with Crippen molar-refractivity contribution in [3.8, 4) is 5.75 Å². The molecule has 0 radical (unpaired) electrons. The lowest BCUT2D eigenvalue weighted by atomic mass is 10.0. The Kier molecular flexibility index (Phi) is 4.36. The first-order valence-electron chi connectivity index (χ1n) is 7.47. The maximum Gasteiger partial charge on any atom is 0.119 e. The summed E-state index contributed by atoms with van der Waals surface area (Å²) in [5, 5.41) is 3.55. The number of nitrogens with one attached hydrogen (secondary N) is 1. The van der Waals surface area contributed by atoms with Crippen molar-refractivity contribution in [3.63, 3.8) is 0 Å². The Morgan fingerprint density at radius 1 is 1.21 bits per heavy atom. The van der Waals surface area contributed by atoms with E-state index in [4.69, 9.17) is 9.47 Å². The highest BCUT2D eigenvalue weighted by Crippen LogP contribution is 2.21. The molecule has 3 rings (SSSR count). The van der Waals surface area contributed by atoms with Crippen molar-refractivity contribution < 1.29 is 9.47 Å². The molecule has 2 heterocycles. The van der Waals surface area contributed by atoms with Gasteiger partial charge in [-0.05, 0) is 43.5 Å². The summed E-state index contributed by atoms with van der Waals surface area (Å²) < 4.78 is 11.4. The molecule has 1 aromatic rings. The van der Waals surface area contributed by atoms with E-state index in [1.807, 2.05) is 0 Å². The van der Waals surface area contributed by atoms with E-state index in [1.165, 1.54) is 24.9 Å². The highest BCUT2D eigenvalue weighted by Gasteiger charge is 2.17. The van der Waals surface area contributed by atoms with Gasteiger partial charge in [0.05, 0.1) is 13.2 Å². The van der Waals surface area contributed by atoms with Crippen LogP contribution in [0.2, 0.25) is 0 Å². The SMILES string of the molecule is c1cc(CC2CCCN2)cc(OC2CCOCC2)c1. The summed E-state index contributed by atoms with van der Waals surface area (Å²) in [6.07, 6.45) is 6.07. The second kappa shape index (κ2) is 6.40. The van der Waals surface area contributed by atoms with E-state index >= 15 is 0 Å². The number of hydrogen-bond acceptors (Lipinski definition) is 3. The molecule has 0 amide bonds. The molecule has 3 heteroatoms. The standard InChI is InChI=1S/C16H23NO2/c1-3-13(11-14-4-2-8-17-14)12-16(5-1)19-15-6-9-18-10-7-15/h1,3,5,12,14-15,17H,2,4,6-11H2. The Morgan fingerprint density at radius 3 is 2.89 bits per heavy atom. The fourth-order valence-corrected chi connectivity index (χ4v) is 2.95. The fourth-order valence-electron chi connectivity index (χ4n) is 2.95. The van der Waals surface area contributed by atoms with Crippen LogP contribution in [-0.2, 0) is 11.2 Å². The molecule has 1 aromatic carbocycles. The van der Waals surface area contributed by atoms with E-state index in [2.05, 4.69) is 29.6 Å². The summed E-state index contributed by atoms with van der Waals surface area (Å²) in [7, 11) is 0. The summed E-state index contributed by atoms with van der Waals surface area (Å²) in [5.41, 5.74) is 1.38. The quantitative estimate of drug-likeness (QED) is 0.903. The minimum atomic E-state index is 0.327. The Morgan fingerprint density at radius 2 is 2.11 bits per heavy atom. The van der Waals surface area contributed by atoms with E-state index < -0.39 is 0 Å². The van der Waals surface area contributed by atoms with Crippen LogP contribution in [0, 0.1) is 0 Å². The summed E-state index contributed by atoms with van der Waals surface area (Å²) in [5.74, 6) is 1.02. The van der Waals surface area contributed by atoms with Gasteiger partial charge in [-0.1, -0.05) is 12.1 Å². The molecule has 0 aromatic heterocycles. The van der Waals surface area contributed by atoms with Crippen LogP contribution in [0.4, 0.5) is 0 Å². The van der Waals surface area contributed by atoms with Gasteiger partial charge in [-0.2, -0.15) is 0 Å². The molecule has 0 bridgehead atoms. The number of rotatable bonds is 4. The largest absolute Gasteiger partial charge is 0.490 e. The first kappa shape index (κ1) is 12.9. The van der Waals surface area contributed by atoms with Crippen LogP contribution in [-0.4, -0.2) is 31.9 Å². The van der Waals surface area contributed by atoms with Crippen LogP contribution in [0.25, 0.3) is 0 Å². The van der Waals surface area contributed by atoms with Crippen molar-refractivity contribution in [2.24, 2.45) is 0 Å². The van der Waals surface area contributed by atoms with Gasteiger partial charge in [0.25, 0.3) is 0 Å². The third-order valence-corrected chi connectivity index (χ3v) is 4.01. The molecule has 0 spiro atoms. The van der Waals surface area contributed by atoms with E-state index in [0.29, 0.717) is 12.1 Å². The topological polar surface area (TPSA) is 30.5 Å². The van der Waals surface area contributed by atoms with Gasteiger partial charge in [0.15, 0.2) is 0 Å². The first-order chi connectivity index (χ1) is 9.40. The van der Waals surface area contributed by atoms with Gasteiger partial charge < -0.3 is 14.8 Å². The Bertz CT molecular complexity index is 395.